The predicted octanol–water partition coefficient (Wildman–Crippen LogP) is 2.62. The van der Waals surface area contributed by atoms with Crippen molar-refractivity contribution in [2.45, 2.75) is 46.0 Å². The number of rotatable bonds is 9. The normalized spacial score (nSPS) is 10.5. The number of carbonyl (C=O) groups excluding carboxylic acids is 2. The zero-order chi connectivity index (χ0) is 12.9. The summed E-state index contributed by atoms with van der Waals surface area (Å²) < 4.78 is 9.74. The lowest BCUT2D eigenvalue weighted by Gasteiger charge is -2.03. The molecule has 98 valence electrons. The lowest BCUT2D eigenvalue weighted by Crippen LogP contribution is -2.08. The van der Waals surface area contributed by atoms with E-state index in [2.05, 4.69) is 6.92 Å². The highest BCUT2D eigenvalue weighted by atomic mass is 16.5. The van der Waals surface area contributed by atoms with Crippen LogP contribution in [0.1, 0.15) is 46.0 Å². The molecule has 0 aromatic carbocycles. The molecule has 0 heterocycles. The minimum atomic E-state index is -0.258. The van der Waals surface area contributed by atoms with E-state index in [1.807, 2.05) is 12.2 Å². The highest BCUT2D eigenvalue weighted by Gasteiger charge is 2.06. The van der Waals surface area contributed by atoms with E-state index in [1.54, 1.807) is 6.92 Å². The maximum Gasteiger partial charge on any atom is 0.305 e. The van der Waals surface area contributed by atoms with Crippen molar-refractivity contribution in [3.05, 3.63) is 12.2 Å². The van der Waals surface area contributed by atoms with Gasteiger partial charge in [-0.25, -0.2) is 0 Å². The molecule has 0 fully saturated rings. The van der Waals surface area contributed by atoms with Gasteiger partial charge < -0.3 is 9.47 Å². The van der Waals surface area contributed by atoms with Crippen molar-refractivity contribution < 1.29 is 19.1 Å². The van der Waals surface area contributed by atoms with Gasteiger partial charge in [0.25, 0.3) is 0 Å². The van der Waals surface area contributed by atoms with E-state index in [0.717, 1.165) is 12.8 Å². The second-order valence-corrected chi connectivity index (χ2v) is 3.55. The van der Waals surface area contributed by atoms with E-state index < -0.39 is 0 Å². The quantitative estimate of drug-likeness (QED) is 0.354. The first kappa shape index (κ1) is 15.7. The smallest absolute Gasteiger partial charge is 0.305 e. The van der Waals surface area contributed by atoms with Crippen molar-refractivity contribution in [3.8, 4) is 0 Å². The van der Waals surface area contributed by atoms with Gasteiger partial charge in [0.15, 0.2) is 0 Å². The maximum atomic E-state index is 11.2. The highest BCUT2D eigenvalue weighted by molar-refractivity contribution is 5.72. The van der Waals surface area contributed by atoms with E-state index in [-0.39, 0.29) is 24.8 Å². The summed E-state index contributed by atoms with van der Waals surface area (Å²) in [5, 5.41) is 0. The third-order valence-electron chi connectivity index (χ3n) is 2.02. The molecule has 0 N–H and O–H groups in total. The van der Waals surface area contributed by atoms with Gasteiger partial charge in [0.1, 0.15) is 0 Å². The van der Waals surface area contributed by atoms with Crippen molar-refractivity contribution in [3.63, 3.8) is 0 Å². The van der Waals surface area contributed by atoms with Crippen LogP contribution in [0, 0.1) is 0 Å². The third-order valence-corrected chi connectivity index (χ3v) is 2.02. The lowest BCUT2D eigenvalue weighted by atomic mass is 10.2. The number of hydrogen-bond acceptors (Lipinski definition) is 4. The predicted molar refractivity (Wildman–Crippen MR) is 65.5 cm³/mol. The van der Waals surface area contributed by atoms with Crippen molar-refractivity contribution in [1.82, 2.24) is 0 Å². The summed E-state index contributed by atoms with van der Waals surface area (Å²) in [5.41, 5.74) is 0. The Morgan fingerprint density at radius 2 is 1.65 bits per heavy atom. The van der Waals surface area contributed by atoms with Crippen LogP contribution in [0.5, 0.6) is 0 Å². The zero-order valence-electron chi connectivity index (χ0n) is 10.7. The molecular formula is C13H22O4. The molecule has 0 bridgehead atoms. The molecule has 0 spiro atoms. The molecule has 0 aliphatic carbocycles. The molecule has 4 heteroatoms. The number of allylic oxidation sites excluding steroid dienone is 1. The van der Waals surface area contributed by atoms with Crippen LogP contribution in [0.25, 0.3) is 0 Å². The fraction of sp³-hybridized carbons (Fsp3) is 0.692. The lowest BCUT2D eigenvalue weighted by molar-refractivity contribution is -0.145. The van der Waals surface area contributed by atoms with E-state index in [4.69, 9.17) is 9.47 Å². The molecule has 0 amide bonds. The summed E-state index contributed by atoms with van der Waals surface area (Å²) in [6.45, 7) is 4.61. The Kier molecular flexibility index (Phi) is 10.3. The van der Waals surface area contributed by atoms with Crippen molar-refractivity contribution in [2.75, 3.05) is 13.2 Å². The average molecular weight is 242 g/mol. The summed E-state index contributed by atoms with van der Waals surface area (Å²) >= 11 is 0. The Hall–Kier alpha value is -1.32. The number of hydrogen-bond donors (Lipinski definition) is 0. The molecule has 0 unspecified atom stereocenters. The summed E-state index contributed by atoms with van der Waals surface area (Å²) in [4.78, 5) is 22.2. The molecule has 0 saturated carbocycles. The van der Waals surface area contributed by atoms with E-state index >= 15 is 0 Å². The van der Waals surface area contributed by atoms with Crippen LogP contribution in [0.3, 0.4) is 0 Å². The second-order valence-electron chi connectivity index (χ2n) is 3.55. The third kappa shape index (κ3) is 11.0. The van der Waals surface area contributed by atoms with Gasteiger partial charge >= 0.3 is 11.9 Å². The maximum absolute atomic E-state index is 11.2. The number of carbonyl (C=O) groups is 2. The fourth-order valence-electron chi connectivity index (χ4n) is 1.21. The van der Waals surface area contributed by atoms with Gasteiger partial charge in [0, 0.05) is 12.8 Å². The average Bonchev–Trinajstić information content (AvgIpc) is 2.29. The highest BCUT2D eigenvalue weighted by Crippen LogP contribution is 2.00. The first-order valence-electron chi connectivity index (χ1n) is 6.16. The van der Waals surface area contributed by atoms with Crippen LogP contribution in [-0.4, -0.2) is 25.2 Å². The van der Waals surface area contributed by atoms with Crippen molar-refractivity contribution >= 4 is 11.9 Å². The largest absolute Gasteiger partial charge is 0.466 e. The van der Waals surface area contributed by atoms with Crippen molar-refractivity contribution in [2.24, 2.45) is 0 Å². The first-order valence-corrected chi connectivity index (χ1v) is 6.16. The molecule has 0 atom stereocenters. The topological polar surface area (TPSA) is 52.6 Å². The SMILES string of the molecule is CC/C=C/CCOC(=O)CCCC(=O)OCC. The van der Waals surface area contributed by atoms with Crippen molar-refractivity contribution in [1.29, 1.82) is 0 Å². The van der Waals surface area contributed by atoms with Crippen LogP contribution >= 0.6 is 0 Å². The van der Waals surface area contributed by atoms with Gasteiger partial charge in [-0.3, -0.25) is 9.59 Å². The standard InChI is InChI=1S/C13H22O4/c1-3-5-6-7-11-17-13(15)10-8-9-12(14)16-4-2/h5-6H,3-4,7-11H2,1-2H3/b6-5+. The summed E-state index contributed by atoms with van der Waals surface area (Å²) in [6.07, 6.45) is 6.81. The second kappa shape index (κ2) is 11.2. The molecule has 0 rings (SSSR count). The summed E-state index contributed by atoms with van der Waals surface area (Å²) in [5.74, 6) is -0.509. The van der Waals surface area contributed by atoms with Crippen LogP contribution in [0.4, 0.5) is 0 Å². The molecule has 0 saturated heterocycles. The van der Waals surface area contributed by atoms with Crippen LogP contribution in [0.15, 0.2) is 12.2 Å². The monoisotopic (exact) mass is 242 g/mol. The van der Waals surface area contributed by atoms with Gasteiger partial charge in [-0.05, 0) is 26.2 Å². The molecule has 0 aromatic heterocycles. The van der Waals surface area contributed by atoms with Gasteiger partial charge in [-0.2, -0.15) is 0 Å². The van der Waals surface area contributed by atoms with Gasteiger partial charge in [0.05, 0.1) is 13.2 Å². The Labute approximate surface area is 103 Å². The van der Waals surface area contributed by atoms with Gasteiger partial charge in [-0.15, -0.1) is 0 Å². The number of esters is 2. The van der Waals surface area contributed by atoms with Crippen LogP contribution in [0.2, 0.25) is 0 Å². The fourth-order valence-corrected chi connectivity index (χ4v) is 1.21. The number of ether oxygens (including phenoxy) is 2. The van der Waals surface area contributed by atoms with Crippen LogP contribution < -0.4 is 0 Å². The van der Waals surface area contributed by atoms with Crippen LogP contribution in [-0.2, 0) is 19.1 Å². The molecule has 0 aliphatic rings. The Balaban J connectivity index is 3.40. The van der Waals surface area contributed by atoms with E-state index in [9.17, 15) is 9.59 Å². The minimum Gasteiger partial charge on any atom is -0.466 e. The molecule has 0 radical (unpaired) electrons. The van der Waals surface area contributed by atoms with Gasteiger partial charge in [-0.1, -0.05) is 19.1 Å². The van der Waals surface area contributed by atoms with E-state index in [0.29, 0.717) is 19.6 Å². The zero-order valence-corrected chi connectivity index (χ0v) is 10.7. The Bertz CT molecular complexity index is 246. The summed E-state index contributed by atoms with van der Waals surface area (Å²) in [7, 11) is 0. The summed E-state index contributed by atoms with van der Waals surface area (Å²) in [6, 6.07) is 0. The molecule has 0 aromatic rings. The van der Waals surface area contributed by atoms with Gasteiger partial charge in [0.2, 0.25) is 0 Å². The Morgan fingerprint density at radius 3 is 2.24 bits per heavy atom. The molecule has 17 heavy (non-hydrogen) atoms. The first-order chi connectivity index (χ1) is 8.20. The molecule has 0 aliphatic heterocycles. The minimum absolute atomic E-state index is 0.251. The van der Waals surface area contributed by atoms with E-state index in [1.165, 1.54) is 0 Å². The molecule has 4 nitrogen and oxygen atoms in total. The molecular weight excluding hydrogens is 220 g/mol. The Morgan fingerprint density at radius 1 is 1.00 bits per heavy atom.